The fraction of sp³-hybridized carbons (Fsp3) is 0.294. The van der Waals surface area contributed by atoms with Crippen molar-refractivity contribution in [2.24, 2.45) is 5.92 Å². The van der Waals surface area contributed by atoms with Crippen molar-refractivity contribution >= 4 is 45.3 Å². The number of hydrogen-bond donors (Lipinski definition) is 2. The molecule has 0 bridgehead atoms. The summed E-state index contributed by atoms with van der Waals surface area (Å²) >= 11 is 8.67. The minimum absolute atomic E-state index is 0.132. The van der Waals surface area contributed by atoms with Gasteiger partial charge in [-0.25, -0.2) is 4.79 Å². The molecule has 0 fully saturated rings. The van der Waals surface area contributed by atoms with Gasteiger partial charge in [-0.15, -0.1) is 0 Å². The minimum Gasteiger partial charge on any atom is -0.466 e. The first-order chi connectivity index (χ1) is 10.9. The van der Waals surface area contributed by atoms with Gasteiger partial charge in [0.1, 0.15) is 0 Å². The maximum Gasteiger partial charge on any atom is 0.337 e. The van der Waals surface area contributed by atoms with E-state index in [0.29, 0.717) is 10.7 Å². The molecule has 0 amide bonds. The van der Waals surface area contributed by atoms with Crippen LogP contribution in [0.3, 0.4) is 0 Å². The molecule has 0 aromatic heterocycles. The molecule has 4 nitrogen and oxygen atoms in total. The van der Waals surface area contributed by atoms with E-state index in [2.05, 4.69) is 26.6 Å². The molecule has 1 aliphatic heterocycles. The number of rotatable bonds is 4. The second-order valence-electron chi connectivity index (χ2n) is 5.46. The van der Waals surface area contributed by atoms with Crippen molar-refractivity contribution in [2.75, 3.05) is 7.11 Å². The Morgan fingerprint density at radius 1 is 1.35 bits per heavy atom. The molecule has 6 heteroatoms. The van der Waals surface area contributed by atoms with Gasteiger partial charge < -0.3 is 15.4 Å². The van der Waals surface area contributed by atoms with Gasteiger partial charge in [0.25, 0.3) is 0 Å². The Labute approximate surface area is 150 Å². The lowest BCUT2D eigenvalue weighted by Gasteiger charge is -2.30. The highest BCUT2D eigenvalue weighted by Gasteiger charge is 2.30. The highest BCUT2D eigenvalue weighted by atomic mass is 79.9. The number of carbonyl (C=O) groups excluding carboxylic acids is 1. The number of allylic oxidation sites excluding steroid dienone is 1. The standard InChI is InChI=1S/C17H19BrN2O2S/c1-10(2)15-14(16(21)22-3)13(19-17(23)20-15)9-6-11-4-7-12(18)8-5-11/h4-10,13H,1-3H3,(H2,19,20,23)/b9-6+. The van der Waals surface area contributed by atoms with Crippen molar-refractivity contribution in [3.8, 4) is 0 Å². The summed E-state index contributed by atoms with van der Waals surface area (Å²) in [4.78, 5) is 12.2. The van der Waals surface area contributed by atoms with E-state index in [1.165, 1.54) is 7.11 Å². The van der Waals surface area contributed by atoms with E-state index in [4.69, 9.17) is 17.0 Å². The largest absolute Gasteiger partial charge is 0.466 e. The molecule has 0 spiro atoms. The number of methoxy groups -OCH3 is 1. The zero-order valence-electron chi connectivity index (χ0n) is 13.2. The summed E-state index contributed by atoms with van der Waals surface area (Å²) in [5.41, 5.74) is 2.39. The minimum atomic E-state index is -0.360. The molecule has 23 heavy (non-hydrogen) atoms. The van der Waals surface area contributed by atoms with Gasteiger partial charge in [0.15, 0.2) is 5.11 Å². The first-order valence-corrected chi connectivity index (χ1v) is 8.46. The first-order valence-electron chi connectivity index (χ1n) is 7.26. The Morgan fingerprint density at radius 3 is 2.57 bits per heavy atom. The fourth-order valence-electron chi connectivity index (χ4n) is 2.33. The molecular weight excluding hydrogens is 376 g/mol. The summed E-state index contributed by atoms with van der Waals surface area (Å²) in [7, 11) is 1.38. The molecular formula is C17H19BrN2O2S. The molecule has 2 rings (SSSR count). The summed E-state index contributed by atoms with van der Waals surface area (Å²) in [6.45, 7) is 4.02. The van der Waals surface area contributed by atoms with Crippen LogP contribution in [-0.2, 0) is 9.53 Å². The van der Waals surface area contributed by atoms with Crippen LogP contribution in [0.15, 0.2) is 46.1 Å². The zero-order chi connectivity index (χ0) is 17.0. The van der Waals surface area contributed by atoms with Gasteiger partial charge in [0.2, 0.25) is 0 Å². The fourth-order valence-corrected chi connectivity index (χ4v) is 2.84. The Kier molecular flexibility index (Phi) is 5.96. The van der Waals surface area contributed by atoms with Crippen molar-refractivity contribution in [1.82, 2.24) is 10.6 Å². The molecule has 1 atom stereocenters. The Morgan fingerprint density at radius 2 is 2.00 bits per heavy atom. The number of esters is 1. The predicted octanol–water partition coefficient (Wildman–Crippen LogP) is 3.39. The average Bonchev–Trinajstić information content (AvgIpc) is 2.53. The molecule has 0 saturated carbocycles. The predicted molar refractivity (Wildman–Crippen MR) is 99.7 cm³/mol. The van der Waals surface area contributed by atoms with E-state index in [9.17, 15) is 4.79 Å². The molecule has 1 heterocycles. The van der Waals surface area contributed by atoms with E-state index in [1.807, 2.05) is 50.3 Å². The second kappa shape index (κ2) is 7.75. The lowest BCUT2D eigenvalue weighted by molar-refractivity contribution is -0.136. The number of halogens is 1. The van der Waals surface area contributed by atoms with Crippen LogP contribution < -0.4 is 10.6 Å². The van der Waals surface area contributed by atoms with Crippen LogP contribution in [0.5, 0.6) is 0 Å². The third-order valence-electron chi connectivity index (χ3n) is 3.47. The van der Waals surface area contributed by atoms with E-state index >= 15 is 0 Å². The molecule has 2 N–H and O–H groups in total. The maximum absolute atomic E-state index is 12.2. The van der Waals surface area contributed by atoms with Crippen molar-refractivity contribution in [3.05, 3.63) is 51.6 Å². The Balaban J connectivity index is 2.36. The van der Waals surface area contributed by atoms with Gasteiger partial charge in [0.05, 0.1) is 18.7 Å². The number of ether oxygens (including phenoxy) is 1. The topological polar surface area (TPSA) is 50.4 Å². The van der Waals surface area contributed by atoms with Crippen molar-refractivity contribution in [2.45, 2.75) is 19.9 Å². The van der Waals surface area contributed by atoms with Crippen LogP contribution in [0.2, 0.25) is 0 Å². The molecule has 122 valence electrons. The van der Waals surface area contributed by atoms with Gasteiger partial charge in [0, 0.05) is 10.2 Å². The first kappa shape index (κ1) is 17.7. The highest BCUT2D eigenvalue weighted by molar-refractivity contribution is 9.10. The molecule has 1 aromatic rings. The molecule has 0 saturated heterocycles. The van der Waals surface area contributed by atoms with Gasteiger partial charge in [-0.1, -0.05) is 54.1 Å². The van der Waals surface area contributed by atoms with E-state index in [1.54, 1.807) is 0 Å². The van der Waals surface area contributed by atoms with Gasteiger partial charge >= 0.3 is 5.97 Å². The second-order valence-corrected chi connectivity index (χ2v) is 6.78. The van der Waals surface area contributed by atoms with E-state index in [0.717, 1.165) is 15.7 Å². The Bertz CT molecular complexity index is 666. The molecule has 1 unspecified atom stereocenters. The lowest BCUT2D eigenvalue weighted by atomic mass is 9.95. The van der Waals surface area contributed by atoms with Gasteiger partial charge in [-0.2, -0.15) is 0 Å². The summed E-state index contributed by atoms with van der Waals surface area (Å²) in [5, 5.41) is 6.70. The molecule has 1 aliphatic rings. The molecule has 0 radical (unpaired) electrons. The zero-order valence-corrected chi connectivity index (χ0v) is 15.6. The maximum atomic E-state index is 12.2. The van der Waals surface area contributed by atoms with Crippen molar-refractivity contribution < 1.29 is 9.53 Å². The van der Waals surface area contributed by atoms with Gasteiger partial charge in [-0.05, 0) is 35.8 Å². The third kappa shape index (κ3) is 4.42. The normalized spacial score (nSPS) is 18.1. The number of hydrogen-bond acceptors (Lipinski definition) is 3. The summed E-state index contributed by atoms with van der Waals surface area (Å²) in [6.07, 6.45) is 3.88. The Hall–Kier alpha value is -1.66. The van der Waals surface area contributed by atoms with Crippen molar-refractivity contribution in [3.63, 3.8) is 0 Å². The quantitative estimate of drug-likeness (QED) is 0.605. The number of thiocarbonyl (C=S) groups is 1. The number of carbonyl (C=O) groups is 1. The van der Waals surface area contributed by atoms with Gasteiger partial charge in [-0.3, -0.25) is 0 Å². The van der Waals surface area contributed by atoms with E-state index in [-0.39, 0.29) is 17.9 Å². The third-order valence-corrected chi connectivity index (χ3v) is 4.22. The summed E-state index contributed by atoms with van der Waals surface area (Å²) < 4.78 is 5.96. The average molecular weight is 395 g/mol. The number of benzene rings is 1. The molecule has 1 aromatic carbocycles. The summed E-state index contributed by atoms with van der Waals surface area (Å²) in [5.74, 6) is -0.227. The van der Waals surface area contributed by atoms with Crippen LogP contribution in [0.25, 0.3) is 6.08 Å². The molecule has 0 aliphatic carbocycles. The van der Waals surface area contributed by atoms with Crippen LogP contribution >= 0.6 is 28.1 Å². The monoisotopic (exact) mass is 394 g/mol. The lowest BCUT2D eigenvalue weighted by Crippen LogP contribution is -2.50. The SMILES string of the molecule is COC(=O)C1=C(C(C)C)NC(=S)NC1/C=C/c1ccc(Br)cc1. The number of nitrogens with one attached hydrogen (secondary N) is 2. The van der Waals surface area contributed by atoms with Crippen LogP contribution in [-0.4, -0.2) is 24.2 Å². The highest BCUT2D eigenvalue weighted by Crippen LogP contribution is 2.22. The van der Waals surface area contributed by atoms with Crippen LogP contribution in [0, 0.1) is 5.92 Å². The van der Waals surface area contributed by atoms with Crippen molar-refractivity contribution in [1.29, 1.82) is 0 Å². The van der Waals surface area contributed by atoms with Crippen LogP contribution in [0.1, 0.15) is 19.4 Å². The smallest absolute Gasteiger partial charge is 0.337 e. The van der Waals surface area contributed by atoms with E-state index < -0.39 is 0 Å². The van der Waals surface area contributed by atoms with Crippen LogP contribution in [0.4, 0.5) is 0 Å². The summed E-state index contributed by atoms with van der Waals surface area (Å²) in [6, 6.07) is 7.60.